The Hall–Kier alpha value is -3.49. The summed E-state index contributed by atoms with van der Waals surface area (Å²) in [6, 6.07) is 24.8. The summed E-state index contributed by atoms with van der Waals surface area (Å²) in [6.07, 6.45) is 0.591. The third-order valence-corrected chi connectivity index (χ3v) is 7.63. The first kappa shape index (κ1) is 29.1. The molecule has 2 amide bonds. The van der Waals surface area contributed by atoms with Crippen molar-refractivity contribution in [2.24, 2.45) is 5.92 Å². The van der Waals surface area contributed by atoms with Gasteiger partial charge in [-0.3, -0.25) is 9.59 Å². The molecule has 0 aromatic heterocycles. The predicted molar refractivity (Wildman–Crippen MR) is 150 cm³/mol. The molecule has 1 atom stereocenters. The second kappa shape index (κ2) is 13.9. The van der Waals surface area contributed by atoms with Gasteiger partial charge in [0.15, 0.2) is 0 Å². The maximum absolute atomic E-state index is 13.7. The zero-order valence-electron chi connectivity index (χ0n) is 22.3. The summed E-state index contributed by atoms with van der Waals surface area (Å²) >= 11 is 0. The standard InChI is InChI=1S/C30H37N3O4S/c1-4-32-38(36,37)27-18-15-24(16-19-27)17-20-28(34)33(22-25-11-7-5-8-12-25)29(26-13-9-6-10-14-26)30(35)31-21-23(2)3/h5-16,18-19,23,29,32H,4,17,20-22H2,1-3H3,(H,31,35). The quantitative estimate of drug-likeness (QED) is 0.338. The van der Waals surface area contributed by atoms with Crippen molar-refractivity contribution in [1.82, 2.24) is 14.9 Å². The molecule has 0 radical (unpaired) electrons. The lowest BCUT2D eigenvalue weighted by molar-refractivity contribution is -0.141. The number of rotatable bonds is 13. The van der Waals surface area contributed by atoms with Crippen LogP contribution in [0.25, 0.3) is 0 Å². The highest BCUT2D eigenvalue weighted by Gasteiger charge is 2.31. The molecule has 1 unspecified atom stereocenters. The van der Waals surface area contributed by atoms with Gasteiger partial charge >= 0.3 is 0 Å². The Bertz CT molecular complexity index is 1280. The summed E-state index contributed by atoms with van der Waals surface area (Å²) in [5.41, 5.74) is 2.52. The maximum Gasteiger partial charge on any atom is 0.247 e. The fraction of sp³-hybridized carbons (Fsp3) is 0.333. The largest absolute Gasteiger partial charge is 0.354 e. The summed E-state index contributed by atoms with van der Waals surface area (Å²) in [4.78, 5) is 29.0. The van der Waals surface area contributed by atoms with E-state index in [9.17, 15) is 18.0 Å². The monoisotopic (exact) mass is 535 g/mol. The average molecular weight is 536 g/mol. The van der Waals surface area contributed by atoms with Crippen LogP contribution in [0, 0.1) is 5.92 Å². The van der Waals surface area contributed by atoms with Crippen LogP contribution in [-0.4, -0.2) is 38.2 Å². The van der Waals surface area contributed by atoms with E-state index in [4.69, 9.17) is 0 Å². The Morgan fingerprint density at radius 3 is 2.03 bits per heavy atom. The molecular formula is C30H37N3O4S. The van der Waals surface area contributed by atoms with Gasteiger partial charge in [0.25, 0.3) is 0 Å². The molecule has 7 nitrogen and oxygen atoms in total. The average Bonchev–Trinajstić information content (AvgIpc) is 2.91. The minimum absolute atomic E-state index is 0.160. The summed E-state index contributed by atoms with van der Waals surface area (Å²) in [7, 11) is -3.54. The van der Waals surface area contributed by atoms with Crippen LogP contribution in [0.4, 0.5) is 0 Å². The van der Waals surface area contributed by atoms with E-state index in [1.54, 1.807) is 36.1 Å². The Morgan fingerprint density at radius 2 is 1.45 bits per heavy atom. The summed E-state index contributed by atoms with van der Waals surface area (Å²) in [5.74, 6) is -0.105. The first-order chi connectivity index (χ1) is 18.2. The van der Waals surface area contributed by atoms with Crippen molar-refractivity contribution < 1.29 is 18.0 Å². The number of benzene rings is 3. The van der Waals surface area contributed by atoms with Gasteiger partial charge in [0.1, 0.15) is 6.04 Å². The van der Waals surface area contributed by atoms with Gasteiger partial charge in [0.05, 0.1) is 4.90 Å². The van der Waals surface area contributed by atoms with Crippen LogP contribution in [0.5, 0.6) is 0 Å². The van der Waals surface area contributed by atoms with Crippen LogP contribution in [0.15, 0.2) is 89.8 Å². The molecule has 8 heteroatoms. The Balaban J connectivity index is 1.86. The lowest BCUT2D eigenvalue weighted by atomic mass is 10.0. The smallest absolute Gasteiger partial charge is 0.247 e. The van der Waals surface area contributed by atoms with Crippen molar-refractivity contribution in [1.29, 1.82) is 0 Å². The Kier molecular flexibility index (Phi) is 10.6. The second-order valence-electron chi connectivity index (χ2n) is 9.60. The molecule has 0 heterocycles. The Labute approximate surface area is 226 Å². The number of amides is 2. The van der Waals surface area contributed by atoms with E-state index in [1.165, 1.54) is 0 Å². The molecule has 2 N–H and O–H groups in total. The second-order valence-corrected chi connectivity index (χ2v) is 11.4. The molecule has 0 fully saturated rings. The van der Waals surface area contributed by atoms with Crippen molar-refractivity contribution in [3.05, 3.63) is 102 Å². The van der Waals surface area contributed by atoms with E-state index in [-0.39, 0.29) is 35.6 Å². The van der Waals surface area contributed by atoms with E-state index in [2.05, 4.69) is 10.0 Å². The lowest BCUT2D eigenvalue weighted by Gasteiger charge is -2.32. The van der Waals surface area contributed by atoms with Crippen LogP contribution in [0.3, 0.4) is 0 Å². The van der Waals surface area contributed by atoms with Gasteiger partial charge < -0.3 is 10.2 Å². The van der Waals surface area contributed by atoms with E-state index >= 15 is 0 Å². The highest BCUT2D eigenvalue weighted by atomic mass is 32.2. The molecule has 0 aliphatic heterocycles. The van der Waals surface area contributed by atoms with Gasteiger partial charge in [-0.15, -0.1) is 0 Å². The first-order valence-corrected chi connectivity index (χ1v) is 14.4. The highest BCUT2D eigenvalue weighted by molar-refractivity contribution is 7.89. The number of sulfonamides is 1. The predicted octanol–water partition coefficient (Wildman–Crippen LogP) is 4.46. The molecule has 38 heavy (non-hydrogen) atoms. The molecule has 0 bridgehead atoms. The molecule has 0 saturated heterocycles. The van der Waals surface area contributed by atoms with Crippen LogP contribution in [0.2, 0.25) is 0 Å². The van der Waals surface area contributed by atoms with E-state index in [0.717, 1.165) is 16.7 Å². The Morgan fingerprint density at radius 1 is 0.842 bits per heavy atom. The maximum atomic E-state index is 13.7. The molecule has 0 aliphatic carbocycles. The number of nitrogens with zero attached hydrogens (tertiary/aromatic N) is 1. The van der Waals surface area contributed by atoms with E-state index in [0.29, 0.717) is 19.5 Å². The number of carbonyl (C=O) groups excluding carboxylic acids is 2. The lowest BCUT2D eigenvalue weighted by Crippen LogP contribution is -2.44. The molecular weight excluding hydrogens is 498 g/mol. The fourth-order valence-corrected chi connectivity index (χ4v) is 5.16. The first-order valence-electron chi connectivity index (χ1n) is 13.0. The zero-order chi connectivity index (χ0) is 27.5. The number of hydrogen-bond acceptors (Lipinski definition) is 4. The summed E-state index contributed by atoms with van der Waals surface area (Å²) < 4.78 is 26.9. The third-order valence-electron chi connectivity index (χ3n) is 6.07. The fourth-order valence-electron chi connectivity index (χ4n) is 4.12. The highest BCUT2D eigenvalue weighted by Crippen LogP contribution is 2.25. The minimum atomic E-state index is -3.54. The van der Waals surface area contributed by atoms with Gasteiger partial charge in [-0.1, -0.05) is 93.6 Å². The molecule has 3 aromatic rings. The normalized spacial score (nSPS) is 12.2. The van der Waals surface area contributed by atoms with Crippen molar-refractivity contribution >= 4 is 21.8 Å². The molecule has 3 rings (SSSR count). The topological polar surface area (TPSA) is 95.6 Å². The van der Waals surface area contributed by atoms with Crippen molar-refractivity contribution in [2.45, 2.75) is 51.1 Å². The third kappa shape index (κ3) is 8.26. The van der Waals surface area contributed by atoms with Crippen LogP contribution in [0.1, 0.15) is 49.9 Å². The minimum Gasteiger partial charge on any atom is -0.354 e. The number of hydrogen-bond donors (Lipinski definition) is 2. The molecule has 0 saturated carbocycles. The van der Waals surface area contributed by atoms with Gasteiger partial charge in [0.2, 0.25) is 21.8 Å². The molecule has 3 aromatic carbocycles. The zero-order valence-corrected chi connectivity index (χ0v) is 23.1. The van der Waals surface area contributed by atoms with E-state index < -0.39 is 16.1 Å². The van der Waals surface area contributed by atoms with Gasteiger partial charge in [-0.05, 0) is 41.2 Å². The molecule has 202 valence electrons. The number of carbonyl (C=O) groups is 2. The van der Waals surface area contributed by atoms with Crippen LogP contribution in [-0.2, 0) is 32.6 Å². The van der Waals surface area contributed by atoms with Crippen LogP contribution < -0.4 is 10.0 Å². The molecule has 0 aliphatic rings. The number of nitrogens with one attached hydrogen (secondary N) is 2. The molecule has 0 spiro atoms. The number of aryl methyl sites for hydroxylation is 1. The summed E-state index contributed by atoms with van der Waals surface area (Å²) in [6.45, 7) is 6.89. The van der Waals surface area contributed by atoms with Gasteiger partial charge in [-0.25, -0.2) is 13.1 Å². The van der Waals surface area contributed by atoms with Gasteiger partial charge in [0, 0.05) is 26.1 Å². The summed E-state index contributed by atoms with van der Waals surface area (Å²) in [5, 5.41) is 3.01. The van der Waals surface area contributed by atoms with Crippen molar-refractivity contribution in [2.75, 3.05) is 13.1 Å². The van der Waals surface area contributed by atoms with E-state index in [1.807, 2.05) is 74.5 Å². The van der Waals surface area contributed by atoms with Crippen molar-refractivity contribution in [3.63, 3.8) is 0 Å². The van der Waals surface area contributed by atoms with Crippen molar-refractivity contribution in [3.8, 4) is 0 Å². The van der Waals surface area contributed by atoms with Gasteiger partial charge in [-0.2, -0.15) is 0 Å². The van der Waals surface area contributed by atoms with Crippen LogP contribution >= 0.6 is 0 Å². The SMILES string of the molecule is CCNS(=O)(=O)c1ccc(CCC(=O)N(Cc2ccccc2)C(C(=O)NCC(C)C)c2ccccc2)cc1.